The second-order valence-electron chi connectivity index (χ2n) is 9.19. The van der Waals surface area contributed by atoms with Crippen molar-refractivity contribution in [2.75, 3.05) is 0 Å². The molecule has 0 nitrogen and oxygen atoms in total. The van der Waals surface area contributed by atoms with Crippen molar-refractivity contribution in [1.82, 2.24) is 0 Å². The summed E-state index contributed by atoms with van der Waals surface area (Å²) in [4.78, 5) is 0. The van der Waals surface area contributed by atoms with Crippen LogP contribution in [0, 0.1) is 5.92 Å². The minimum absolute atomic E-state index is 0.938. The quantitative estimate of drug-likeness (QED) is 0.165. The Labute approximate surface area is 172 Å². The molecule has 0 amide bonds. The fraction of sp³-hybridized carbons (Fsp3) is 0.852. The van der Waals surface area contributed by atoms with Gasteiger partial charge in [-0.15, -0.1) is 6.58 Å². The molecule has 1 rings (SSSR count). The van der Waals surface area contributed by atoms with Gasteiger partial charge in [-0.05, 0) is 57.3 Å². The number of hydrogen-bond acceptors (Lipinski definition) is 0. The summed E-state index contributed by atoms with van der Waals surface area (Å²) in [5.41, 5.74) is 3.65. The number of unbranched alkanes of at least 4 members (excludes halogenated alkanes) is 14. The van der Waals surface area contributed by atoms with Crippen LogP contribution in [-0.2, 0) is 0 Å². The second-order valence-corrected chi connectivity index (χ2v) is 9.19. The summed E-state index contributed by atoms with van der Waals surface area (Å²) in [6.07, 6.45) is 30.5. The Bertz CT molecular complexity index is 375. The van der Waals surface area contributed by atoms with Gasteiger partial charge in [0.05, 0.1) is 0 Å². The van der Waals surface area contributed by atoms with Gasteiger partial charge in [0, 0.05) is 0 Å². The number of hydrogen-bond donors (Lipinski definition) is 0. The lowest BCUT2D eigenvalue weighted by Crippen LogP contribution is -2.07. The van der Waals surface area contributed by atoms with Crippen molar-refractivity contribution in [3.63, 3.8) is 0 Å². The number of allylic oxidation sites excluding steroid dienone is 3. The summed E-state index contributed by atoms with van der Waals surface area (Å²) in [6.45, 7) is 8.59. The van der Waals surface area contributed by atoms with Gasteiger partial charge in [-0.2, -0.15) is 0 Å². The number of rotatable bonds is 18. The van der Waals surface area contributed by atoms with Gasteiger partial charge in [0.25, 0.3) is 0 Å². The van der Waals surface area contributed by atoms with Crippen LogP contribution < -0.4 is 0 Å². The summed E-state index contributed by atoms with van der Waals surface area (Å²) in [5.74, 6) is 0.938. The molecule has 1 aliphatic carbocycles. The molecule has 0 aromatic carbocycles. The lowest BCUT2D eigenvalue weighted by molar-refractivity contribution is 0.472. The zero-order valence-electron chi connectivity index (χ0n) is 19.0. The average Bonchev–Trinajstić information content (AvgIpc) is 2.68. The van der Waals surface area contributed by atoms with Crippen molar-refractivity contribution >= 4 is 0 Å². The molecule has 0 fully saturated rings. The maximum atomic E-state index is 3.79. The SMILES string of the molecule is C=CCCCCCCCCCCCCCCCCC1=C(CC)CCC(C)C1. The minimum atomic E-state index is 0.938. The van der Waals surface area contributed by atoms with Crippen molar-refractivity contribution in [3.05, 3.63) is 23.8 Å². The Balaban J connectivity index is 1.83. The third-order valence-corrected chi connectivity index (χ3v) is 6.60. The molecule has 0 heteroatoms. The highest BCUT2D eigenvalue weighted by atomic mass is 14.2. The van der Waals surface area contributed by atoms with Gasteiger partial charge in [-0.3, -0.25) is 0 Å². The molecular formula is C27H50. The van der Waals surface area contributed by atoms with Crippen LogP contribution in [0.2, 0.25) is 0 Å². The predicted molar refractivity (Wildman–Crippen MR) is 124 cm³/mol. The van der Waals surface area contributed by atoms with Crippen LogP contribution >= 0.6 is 0 Å². The van der Waals surface area contributed by atoms with E-state index in [1.54, 1.807) is 0 Å². The van der Waals surface area contributed by atoms with E-state index in [4.69, 9.17) is 0 Å². The molecule has 0 bridgehead atoms. The van der Waals surface area contributed by atoms with Gasteiger partial charge in [0.15, 0.2) is 0 Å². The smallest absolute Gasteiger partial charge is 0.0292 e. The second kappa shape index (κ2) is 17.6. The van der Waals surface area contributed by atoms with Crippen molar-refractivity contribution in [1.29, 1.82) is 0 Å². The van der Waals surface area contributed by atoms with E-state index in [0.29, 0.717) is 0 Å². The molecule has 0 aromatic heterocycles. The highest BCUT2D eigenvalue weighted by molar-refractivity contribution is 5.17. The van der Waals surface area contributed by atoms with E-state index in [1.807, 2.05) is 11.1 Å². The zero-order valence-corrected chi connectivity index (χ0v) is 19.0. The van der Waals surface area contributed by atoms with Crippen LogP contribution in [0.3, 0.4) is 0 Å². The van der Waals surface area contributed by atoms with Crippen molar-refractivity contribution < 1.29 is 0 Å². The summed E-state index contributed by atoms with van der Waals surface area (Å²) < 4.78 is 0. The fourth-order valence-electron chi connectivity index (χ4n) is 4.72. The first-order valence-corrected chi connectivity index (χ1v) is 12.6. The molecule has 158 valence electrons. The highest BCUT2D eigenvalue weighted by Gasteiger charge is 2.16. The Hall–Kier alpha value is -0.520. The maximum absolute atomic E-state index is 3.79. The van der Waals surface area contributed by atoms with E-state index in [1.165, 1.54) is 128 Å². The van der Waals surface area contributed by atoms with Gasteiger partial charge in [-0.25, -0.2) is 0 Å². The first-order chi connectivity index (χ1) is 13.3. The summed E-state index contributed by atoms with van der Waals surface area (Å²) in [6, 6.07) is 0. The Morgan fingerprint density at radius 2 is 1.22 bits per heavy atom. The standard InChI is InChI=1S/C27H50/c1-4-6-7-8-9-10-11-12-13-14-15-16-17-18-19-20-21-27-24-25(3)22-23-26(27)5-2/h4,25H,1,5-24H2,2-3H3. The average molecular weight is 375 g/mol. The molecule has 27 heavy (non-hydrogen) atoms. The van der Waals surface area contributed by atoms with Crippen LogP contribution in [-0.4, -0.2) is 0 Å². The Morgan fingerprint density at radius 1 is 0.741 bits per heavy atom. The zero-order chi connectivity index (χ0) is 19.6. The van der Waals surface area contributed by atoms with Crippen LogP contribution in [0.15, 0.2) is 23.8 Å². The molecule has 1 atom stereocenters. The highest BCUT2D eigenvalue weighted by Crippen LogP contribution is 2.33. The molecule has 0 saturated carbocycles. The third kappa shape index (κ3) is 13.3. The maximum Gasteiger partial charge on any atom is -0.0292 e. The van der Waals surface area contributed by atoms with Crippen LogP contribution in [0.1, 0.15) is 142 Å². The van der Waals surface area contributed by atoms with E-state index in [2.05, 4.69) is 26.5 Å². The van der Waals surface area contributed by atoms with Crippen LogP contribution in [0.25, 0.3) is 0 Å². The van der Waals surface area contributed by atoms with Crippen LogP contribution in [0.4, 0.5) is 0 Å². The summed E-state index contributed by atoms with van der Waals surface area (Å²) in [5, 5.41) is 0. The van der Waals surface area contributed by atoms with Crippen molar-refractivity contribution in [2.24, 2.45) is 5.92 Å². The topological polar surface area (TPSA) is 0 Å². The third-order valence-electron chi connectivity index (χ3n) is 6.60. The first-order valence-electron chi connectivity index (χ1n) is 12.6. The van der Waals surface area contributed by atoms with Crippen molar-refractivity contribution in [3.8, 4) is 0 Å². The fourth-order valence-corrected chi connectivity index (χ4v) is 4.72. The van der Waals surface area contributed by atoms with Gasteiger partial charge in [0.2, 0.25) is 0 Å². The van der Waals surface area contributed by atoms with Crippen LogP contribution in [0.5, 0.6) is 0 Å². The van der Waals surface area contributed by atoms with E-state index >= 15 is 0 Å². The van der Waals surface area contributed by atoms with Gasteiger partial charge >= 0.3 is 0 Å². The van der Waals surface area contributed by atoms with E-state index in [-0.39, 0.29) is 0 Å². The summed E-state index contributed by atoms with van der Waals surface area (Å²) in [7, 11) is 0. The van der Waals surface area contributed by atoms with Gasteiger partial charge in [0.1, 0.15) is 0 Å². The lowest BCUT2D eigenvalue weighted by atomic mass is 9.82. The molecule has 0 aliphatic heterocycles. The molecule has 1 aliphatic rings. The summed E-state index contributed by atoms with van der Waals surface area (Å²) >= 11 is 0. The molecule has 0 spiro atoms. The van der Waals surface area contributed by atoms with Gasteiger partial charge < -0.3 is 0 Å². The largest absolute Gasteiger partial charge is 0.103 e. The molecule has 1 unspecified atom stereocenters. The minimum Gasteiger partial charge on any atom is -0.103 e. The molecule has 0 radical (unpaired) electrons. The molecular weight excluding hydrogens is 324 g/mol. The van der Waals surface area contributed by atoms with Gasteiger partial charge in [-0.1, -0.05) is 108 Å². The first kappa shape index (κ1) is 24.5. The normalized spacial score (nSPS) is 17.5. The monoisotopic (exact) mass is 374 g/mol. The van der Waals surface area contributed by atoms with Crippen molar-refractivity contribution in [2.45, 2.75) is 142 Å². The molecule has 0 saturated heterocycles. The molecule has 0 aromatic rings. The Morgan fingerprint density at radius 3 is 1.70 bits per heavy atom. The van der Waals surface area contributed by atoms with E-state index < -0.39 is 0 Å². The lowest BCUT2D eigenvalue weighted by Gasteiger charge is -2.24. The predicted octanol–water partition coefficient (Wildman–Crippen LogP) is 9.94. The molecule has 0 N–H and O–H groups in total. The Kier molecular flexibility index (Phi) is 16.0. The van der Waals surface area contributed by atoms with E-state index in [0.717, 1.165) is 5.92 Å². The van der Waals surface area contributed by atoms with E-state index in [9.17, 15) is 0 Å². The molecule has 0 heterocycles.